The maximum atomic E-state index is 12.3. The van der Waals surface area contributed by atoms with Crippen LogP contribution in [0.15, 0.2) is 42.5 Å². The minimum absolute atomic E-state index is 0.0427. The highest BCUT2D eigenvalue weighted by Crippen LogP contribution is 2.30. The van der Waals surface area contributed by atoms with Crippen LogP contribution in [0.25, 0.3) is 0 Å². The number of rotatable bonds is 7. The Morgan fingerprint density at radius 3 is 2.50 bits per heavy atom. The molecular weight excluding hydrogens is 326 g/mol. The van der Waals surface area contributed by atoms with Crippen LogP contribution in [-0.2, 0) is 11.2 Å². The molecule has 0 unspecified atom stereocenters. The van der Waals surface area contributed by atoms with E-state index in [0.717, 1.165) is 17.5 Å². The van der Waals surface area contributed by atoms with E-state index in [1.54, 1.807) is 26.4 Å². The van der Waals surface area contributed by atoms with E-state index in [0.29, 0.717) is 22.9 Å². The van der Waals surface area contributed by atoms with Crippen LogP contribution >= 0.6 is 11.6 Å². The van der Waals surface area contributed by atoms with Crippen LogP contribution in [0.2, 0.25) is 5.02 Å². The number of amides is 1. The molecule has 2 rings (SSSR count). The zero-order chi connectivity index (χ0) is 17.5. The second-order valence-electron chi connectivity index (χ2n) is 5.45. The van der Waals surface area contributed by atoms with Crippen molar-refractivity contribution >= 4 is 17.5 Å². The zero-order valence-electron chi connectivity index (χ0n) is 14.1. The van der Waals surface area contributed by atoms with Gasteiger partial charge in [-0.15, -0.1) is 0 Å². The van der Waals surface area contributed by atoms with E-state index in [-0.39, 0.29) is 11.9 Å². The molecule has 24 heavy (non-hydrogen) atoms. The monoisotopic (exact) mass is 347 g/mol. The molecule has 4 nitrogen and oxygen atoms in total. The molecule has 1 atom stereocenters. The quantitative estimate of drug-likeness (QED) is 0.817. The number of carbonyl (C=O) groups excluding carboxylic acids is 1. The van der Waals surface area contributed by atoms with Crippen molar-refractivity contribution in [3.8, 4) is 11.5 Å². The number of methoxy groups -OCH3 is 2. The van der Waals surface area contributed by atoms with Crippen LogP contribution in [0.3, 0.4) is 0 Å². The molecule has 5 heteroatoms. The van der Waals surface area contributed by atoms with Crippen LogP contribution < -0.4 is 14.8 Å². The fourth-order valence-electron chi connectivity index (χ4n) is 2.57. The Balaban J connectivity index is 2.09. The van der Waals surface area contributed by atoms with Crippen molar-refractivity contribution in [1.82, 2.24) is 5.32 Å². The first-order valence-electron chi connectivity index (χ1n) is 7.83. The molecule has 0 fully saturated rings. The molecule has 2 aromatic carbocycles. The minimum atomic E-state index is -0.0866. The van der Waals surface area contributed by atoms with Crippen molar-refractivity contribution in [3.05, 3.63) is 58.6 Å². The van der Waals surface area contributed by atoms with Gasteiger partial charge in [0.15, 0.2) is 11.5 Å². The largest absolute Gasteiger partial charge is 0.493 e. The summed E-state index contributed by atoms with van der Waals surface area (Å²) < 4.78 is 10.6. The van der Waals surface area contributed by atoms with E-state index < -0.39 is 0 Å². The molecule has 0 saturated heterocycles. The Kier molecular flexibility index (Phi) is 6.50. The lowest BCUT2D eigenvalue weighted by molar-refractivity contribution is -0.121. The molecule has 0 saturated carbocycles. The number of hydrogen-bond acceptors (Lipinski definition) is 3. The summed E-state index contributed by atoms with van der Waals surface area (Å²) in [6.07, 6.45) is 1.07. The third kappa shape index (κ3) is 4.65. The van der Waals surface area contributed by atoms with Gasteiger partial charge >= 0.3 is 0 Å². The zero-order valence-corrected chi connectivity index (χ0v) is 14.9. The second-order valence-corrected chi connectivity index (χ2v) is 5.89. The number of nitrogens with one attached hydrogen (secondary N) is 1. The number of benzene rings is 2. The first-order chi connectivity index (χ1) is 11.6. The molecule has 0 aliphatic heterocycles. The Bertz CT molecular complexity index is 703. The van der Waals surface area contributed by atoms with Gasteiger partial charge in [-0.05, 0) is 41.8 Å². The average molecular weight is 348 g/mol. The SMILES string of the molecule is CC[C@@H](NC(=O)Cc1cccc(Cl)c1)c1ccc(OC)c(OC)c1. The lowest BCUT2D eigenvalue weighted by atomic mass is 10.0. The van der Waals surface area contributed by atoms with Gasteiger partial charge < -0.3 is 14.8 Å². The average Bonchev–Trinajstić information content (AvgIpc) is 2.59. The molecular formula is C19H22ClNO3. The van der Waals surface area contributed by atoms with Gasteiger partial charge in [-0.25, -0.2) is 0 Å². The van der Waals surface area contributed by atoms with Crippen LogP contribution in [0.5, 0.6) is 11.5 Å². The first-order valence-corrected chi connectivity index (χ1v) is 8.21. The molecule has 0 aliphatic rings. The molecule has 0 bridgehead atoms. The molecule has 0 heterocycles. The summed E-state index contributed by atoms with van der Waals surface area (Å²) in [6, 6.07) is 12.9. The van der Waals surface area contributed by atoms with Gasteiger partial charge in [0.2, 0.25) is 5.91 Å². The Hall–Kier alpha value is -2.20. The smallest absolute Gasteiger partial charge is 0.224 e. The topological polar surface area (TPSA) is 47.6 Å². The van der Waals surface area contributed by atoms with E-state index in [2.05, 4.69) is 5.32 Å². The fourth-order valence-corrected chi connectivity index (χ4v) is 2.78. The second kappa shape index (κ2) is 8.60. The highest BCUT2D eigenvalue weighted by molar-refractivity contribution is 6.30. The van der Waals surface area contributed by atoms with Gasteiger partial charge in [-0.1, -0.05) is 36.7 Å². The minimum Gasteiger partial charge on any atom is -0.493 e. The van der Waals surface area contributed by atoms with E-state index >= 15 is 0 Å². The van der Waals surface area contributed by atoms with Gasteiger partial charge in [0.1, 0.15) is 0 Å². The van der Waals surface area contributed by atoms with E-state index in [9.17, 15) is 4.79 Å². The lowest BCUT2D eigenvalue weighted by Crippen LogP contribution is -2.29. The summed E-state index contributed by atoms with van der Waals surface area (Å²) in [5.74, 6) is 1.28. The summed E-state index contributed by atoms with van der Waals surface area (Å²) in [5.41, 5.74) is 1.87. The number of hydrogen-bond donors (Lipinski definition) is 1. The maximum Gasteiger partial charge on any atom is 0.224 e. The van der Waals surface area contributed by atoms with Crippen LogP contribution in [0, 0.1) is 0 Å². The van der Waals surface area contributed by atoms with Gasteiger partial charge in [-0.3, -0.25) is 4.79 Å². The summed E-state index contributed by atoms with van der Waals surface area (Å²) >= 11 is 5.96. The summed E-state index contributed by atoms with van der Waals surface area (Å²) in [6.45, 7) is 2.03. The van der Waals surface area contributed by atoms with Gasteiger partial charge in [0.25, 0.3) is 0 Å². The molecule has 0 radical (unpaired) electrons. The Labute approximate surface area is 147 Å². The third-order valence-electron chi connectivity index (χ3n) is 3.81. The normalized spacial score (nSPS) is 11.7. The predicted octanol–water partition coefficient (Wildman–Crippen LogP) is 4.17. The summed E-state index contributed by atoms with van der Waals surface area (Å²) in [5, 5.41) is 3.69. The first kappa shape index (κ1) is 18.1. The van der Waals surface area contributed by atoms with Gasteiger partial charge in [0.05, 0.1) is 26.7 Å². The number of ether oxygens (including phenoxy) is 2. The van der Waals surface area contributed by atoms with Crippen molar-refractivity contribution in [3.63, 3.8) is 0 Å². The molecule has 1 N–H and O–H groups in total. The Morgan fingerprint density at radius 2 is 1.88 bits per heavy atom. The van der Waals surface area contributed by atoms with Crippen molar-refractivity contribution in [2.45, 2.75) is 25.8 Å². The third-order valence-corrected chi connectivity index (χ3v) is 4.04. The van der Waals surface area contributed by atoms with Crippen LogP contribution in [-0.4, -0.2) is 20.1 Å². The van der Waals surface area contributed by atoms with Crippen molar-refractivity contribution < 1.29 is 14.3 Å². The molecule has 128 valence electrons. The van der Waals surface area contributed by atoms with Crippen LogP contribution in [0.4, 0.5) is 0 Å². The maximum absolute atomic E-state index is 12.3. The molecule has 0 aromatic heterocycles. The summed E-state index contributed by atoms with van der Waals surface area (Å²) in [4.78, 5) is 12.3. The highest BCUT2D eigenvalue weighted by Gasteiger charge is 2.15. The van der Waals surface area contributed by atoms with Gasteiger partial charge in [-0.2, -0.15) is 0 Å². The predicted molar refractivity (Wildman–Crippen MR) is 95.9 cm³/mol. The van der Waals surface area contributed by atoms with Crippen LogP contribution in [0.1, 0.15) is 30.5 Å². The van der Waals surface area contributed by atoms with E-state index in [1.165, 1.54) is 0 Å². The lowest BCUT2D eigenvalue weighted by Gasteiger charge is -2.19. The fraction of sp³-hybridized carbons (Fsp3) is 0.316. The molecule has 2 aromatic rings. The van der Waals surface area contributed by atoms with Crippen molar-refractivity contribution in [1.29, 1.82) is 0 Å². The standard InChI is InChI=1S/C19H22ClNO3/c1-4-16(14-8-9-17(23-2)18(12-14)24-3)21-19(22)11-13-6-5-7-15(20)10-13/h5-10,12,16H,4,11H2,1-3H3,(H,21,22)/t16-/m1/s1. The van der Waals surface area contributed by atoms with Crippen molar-refractivity contribution in [2.24, 2.45) is 0 Å². The molecule has 0 aliphatic carbocycles. The van der Waals surface area contributed by atoms with Crippen molar-refractivity contribution in [2.75, 3.05) is 14.2 Å². The highest BCUT2D eigenvalue weighted by atomic mass is 35.5. The van der Waals surface area contributed by atoms with Gasteiger partial charge in [0, 0.05) is 5.02 Å². The number of halogens is 1. The summed E-state index contributed by atoms with van der Waals surface area (Å²) in [7, 11) is 3.20. The van der Waals surface area contributed by atoms with E-state index in [4.69, 9.17) is 21.1 Å². The number of carbonyl (C=O) groups is 1. The Morgan fingerprint density at radius 1 is 1.12 bits per heavy atom. The molecule has 0 spiro atoms. The van der Waals surface area contributed by atoms with E-state index in [1.807, 2.05) is 37.3 Å². The molecule has 1 amide bonds.